The first kappa shape index (κ1) is 18.0. The molecule has 0 radical (unpaired) electrons. The SMILES string of the molecule is Cc1ccc(-n2nc(C(=O)N3CCC(C(N)=O)CC3)nc2-c2ccco2)cc1. The van der Waals surface area contributed by atoms with Crippen LogP contribution in [0.1, 0.15) is 29.0 Å². The highest BCUT2D eigenvalue weighted by Gasteiger charge is 2.29. The second kappa shape index (κ2) is 7.30. The van der Waals surface area contributed by atoms with Gasteiger partial charge in [0.25, 0.3) is 5.91 Å². The van der Waals surface area contributed by atoms with Gasteiger partial charge in [-0.1, -0.05) is 17.7 Å². The summed E-state index contributed by atoms with van der Waals surface area (Å²) in [6.45, 7) is 2.92. The third kappa shape index (κ3) is 3.40. The van der Waals surface area contributed by atoms with Crippen molar-refractivity contribution < 1.29 is 14.0 Å². The van der Waals surface area contributed by atoms with Gasteiger partial charge in [0.2, 0.25) is 11.7 Å². The van der Waals surface area contributed by atoms with Crippen LogP contribution in [0.15, 0.2) is 47.1 Å². The number of hydrogen-bond donors (Lipinski definition) is 1. The summed E-state index contributed by atoms with van der Waals surface area (Å²) in [4.78, 5) is 30.4. The lowest BCUT2D eigenvalue weighted by molar-refractivity contribution is -0.123. The van der Waals surface area contributed by atoms with Gasteiger partial charge in [-0.3, -0.25) is 9.59 Å². The Morgan fingerprint density at radius 3 is 2.46 bits per heavy atom. The highest BCUT2D eigenvalue weighted by atomic mass is 16.3. The third-order valence-corrected chi connectivity index (χ3v) is 5.00. The van der Waals surface area contributed by atoms with Gasteiger partial charge in [-0.25, -0.2) is 4.68 Å². The van der Waals surface area contributed by atoms with Crippen LogP contribution >= 0.6 is 0 Å². The third-order valence-electron chi connectivity index (χ3n) is 5.00. The molecule has 0 bridgehead atoms. The number of piperidine rings is 1. The molecule has 0 unspecified atom stereocenters. The van der Waals surface area contributed by atoms with E-state index in [0.29, 0.717) is 37.5 Å². The summed E-state index contributed by atoms with van der Waals surface area (Å²) >= 11 is 0. The van der Waals surface area contributed by atoms with Crippen molar-refractivity contribution >= 4 is 11.8 Å². The highest BCUT2D eigenvalue weighted by Crippen LogP contribution is 2.23. The van der Waals surface area contributed by atoms with Gasteiger partial charge >= 0.3 is 0 Å². The second-order valence-electron chi connectivity index (χ2n) is 6.95. The van der Waals surface area contributed by atoms with E-state index in [1.54, 1.807) is 28.0 Å². The molecule has 0 aliphatic carbocycles. The zero-order chi connectivity index (χ0) is 19.7. The van der Waals surface area contributed by atoms with E-state index in [1.807, 2.05) is 31.2 Å². The number of likely N-dealkylation sites (tertiary alicyclic amines) is 1. The number of aryl methyl sites for hydroxylation is 1. The van der Waals surface area contributed by atoms with Crippen molar-refractivity contribution in [3.8, 4) is 17.3 Å². The molecule has 4 rings (SSSR count). The zero-order valence-corrected chi connectivity index (χ0v) is 15.5. The quantitative estimate of drug-likeness (QED) is 0.747. The predicted octanol–water partition coefficient (Wildman–Crippen LogP) is 2.17. The fourth-order valence-electron chi connectivity index (χ4n) is 3.34. The molecule has 0 saturated carbocycles. The largest absolute Gasteiger partial charge is 0.461 e. The molecule has 28 heavy (non-hydrogen) atoms. The van der Waals surface area contributed by atoms with Crippen molar-refractivity contribution in [2.45, 2.75) is 19.8 Å². The van der Waals surface area contributed by atoms with Gasteiger partial charge in [0.05, 0.1) is 12.0 Å². The van der Waals surface area contributed by atoms with Crippen LogP contribution in [-0.2, 0) is 4.79 Å². The van der Waals surface area contributed by atoms with E-state index in [2.05, 4.69) is 10.1 Å². The molecule has 1 aromatic carbocycles. The van der Waals surface area contributed by atoms with Crippen LogP contribution in [0.4, 0.5) is 0 Å². The Kier molecular flexibility index (Phi) is 4.68. The van der Waals surface area contributed by atoms with Crippen LogP contribution in [0.2, 0.25) is 0 Å². The fraction of sp³-hybridized carbons (Fsp3) is 0.300. The van der Waals surface area contributed by atoms with Gasteiger partial charge in [-0.05, 0) is 44.0 Å². The minimum absolute atomic E-state index is 0.101. The molecule has 2 amide bonds. The van der Waals surface area contributed by atoms with E-state index in [4.69, 9.17) is 10.2 Å². The van der Waals surface area contributed by atoms with Crippen molar-refractivity contribution in [3.05, 3.63) is 54.0 Å². The topological polar surface area (TPSA) is 107 Å². The number of furan rings is 1. The highest BCUT2D eigenvalue weighted by molar-refractivity contribution is 5.91. The average Bonchev–Trinajstić information content (AvgIpc) is 3.38. The van der Waals surface area contributed by atoms with Gasteiger partial charge in [-0.15, -0.1) is 5.10 Å². The number of nitrogens with zero attached hydrogens (tertiary/aromatic N) is 4. The Balaban J connectivity index is 1.65. The van der Waals surface area contributed by atoms with Crippen LogP contribution < -0.4 is 5.73 Å². The standard InChI is InChI=1S/C20H21N5O3/c1-13-4-6-15(7-5-13)25-19(16-3-2-12-28-16)22-18(23-25)20(27)24-10-8-14(9-11-24)17(21)26/h2-7,12,14H,8-11H2,1H3,(H2,21,26). The summed E-state index contributed by atoms with van der Waals surface area (Å²) in [6.07, 6.45) is 2.68. The number of carbonyl (C=O) groups is 2. The first-order valence-corrected chi connectivity index (χ1v) is 9.19. The molecule has 8 heteroatoms. The zero-order valence-electron chi connectivity index (χ0n) is 15.5. The first-order chi connectivity index (χ1) is 13.5. The molecule has 0 spiro atoms. The van der Waals surface area contributed by atoms with E-state index < -0.39 is 0 Å². The minimum Gasteiger partial charge on any atom is -0.461 e. The molecule has 144 valence electrons. The summed E-state index contributed by atoms with van der Waals surface area (Å²) in [6, 6.07) is 11.3. The summed E-state index contributed by atoms with van der Waals surface area (Å²) < 4.78 is 7.10. The number of amides is 2. The molecular weight excluding hydrogens is 358 g/mol. The monoisotopic (exact) mass is 379 g/mol. The average molecular weight is 379 g/mol. The van der Waals surface area contributed by atoms with Crippen LogP contribution in [0.3, 0.4) is 0 Å². The number of nitrogens with two attached hydrogens (primary N) is 1. The molecule has 1 saturated heterocycles. The number of primary amides is 1. The summed E-state index contributed by atoms with van der Waals surface area (Å²) in [5.74, 6) is 0.338. The van der Waals surface area contributed by atoms with E-state index in [-0.39, 0.29) is 23.6 Å². The van der Waals surface area contributed by atoms with Crippen LogP contribution in [0.25, 0.3) is 17.3 Å². The maximum atomic E-state index is 12.9. The maximum absolute atomic E-state index is 12.9. The first-order valence-electron chi connectivity index (χ1n) is 9.19. The predicted molar refractivity (Wildman–Crippen MR) is 102 cm³/mol. The molecule has 3 aromatic rings. The summed E-state index contributed by atoms with van der Waals surface area (Å²) in [5.41, 5.74) is 7.28. The van der Waals surface area contributed by atoms with Crippen molar-refractivity contribution in [3.63, 3.8) is 0 Å². The molecular formula is C20H21N5O3. The Labute approximate surface area is 162 Å². The smallest absolute Gasteiger partial charge is 0.293 e. The molecule has 1 aliphatic heterocycles. The van der Waals surface area contributed by atoms with Crippen LogP contribution in [0, 0.1) is 12.8 Å². The number of rotatable bonds is 4. The normalized spacial score (nSPS) is 15.0. The van der Waals surface area contributed by atoms with Crippen molar-refractivity contribution in [2.75, 3.05) is 13.1 Å². The Bertz CT molecular complexity index is 984. The molecule has 0 atom stereocenters. The lowest BCUT2D eigenvalue weighted by Crippen LogP contribution is -2.42. The van der Waals surface area contributed by atoms with Gasteiger partial charge in [0.1, 0.15) is 0 Å². The van der Waals surface area contributed by atoms with E-state index >= 15 is 0 Å². The maximum Gasteiger partial charge on any atom is 0.293 e. The summed E-state index contributed by atoms with van der Waals surface area (Å²) in [7, 11) is 0. The van der Waals surface area contributed by atoms with Crippen LogP contribution in [0.5, 0.6) is 0 Å². The van der Waals surface area contributed by atoms with E-state index in [0.717, 1.165) is 11.3 Å². The van der Waals surface area contributed by atoms with Gasteiger partial charge in [0, 0.05) is 19.0 Å². The number of aromatic nitrogens is 3. The van der Waals surface area contributed by atoms with E-state index in [9.17, 15) is 9.59 Å². The van der Waals surface area contributed by atoms with Crippen molar-refractivity contribution in [1.29, 1.82) is 0 Å². The summed E-state index contributed by atoms with van der Waals surface area (Å²) in [5, 5.41) is 4.46. The Morgan fingerprint density at radius 1 is 1.14 bits per heavy atom. The number of carbonyl (C=O) groups excluding carboxylic acids is 2. The second-order valence-corrected chi connectivity index (χ2v) is 6.95. The molecule has 8 nitrogen and oxygen atoms in total. The number of hydrogen-bond acceptors (Lipinski definition) is 5. The van der Waals surface area contributed by atoms with Crippen molar-refractivity contribution in [2.24, 2.45) is 11.7 Å². The Hall–Kier alpha value is -3.42. The van der Waals surface area contributed by atoms with Gasteiger partial charge < -0.3 is 15.1 Å². The fourth-order valence-corrected chi connectivity index (χ4v) is 3.34. The van der Waals surface area contributed by atoms with Gasteiger partial charge in [-0.2, -0.15) is 4.98 Å². The lowest BCUT2D eigenvalue weighted by atomic mass is 9.96. The molecule has 1 aliphatic rings. The molecule has 2 N–H and O–H groups in total. The molecule has 3 heterocycles. The van der Waals surface area contributed by atoms with Gasteiger partial charge in [0.15, 0.2) is 11.6 Å². The lowest BCUT2D eigenvalue weighted by Gasteiger charge is -2.29. The molecule has 1 fully saturated rings. The Morgan fingerprint density at radius 2 is 1.86 bits per heavy atom. The van der Waals surface area contributed by atoms with Crippen molar-refractivity contribution in [1.82, 2.24) is 19.7 Å². The minimum atomic E-state index is -0.311. The number of benzene rings is 1. The molecule has 2 aromatic heterocycles. The van der Waals surface area contributed by atoms with Crippen LogP contribution in [-0.4, -0.2) is 44.6 Å². The van der Waals surface area contributed by atoms with E-state index in [1.165, 1.54) is 0 Å².